The summed E-state index contributed by atoms with van der Waals surface area (Å²) in [7, 11) is 4.77. The standard InChI is InChI=1S/C20H23NO4/c1-13-10-14-11-15(23-2)8-9-16(14)21(12-13)20(22)19-17(24-3)6-5-7-18(19)25-4/h5-9,11,13H,10,12H2,1-4H3. The Bertz CT molecular complexity index is 765. The highest BCUT2D eigenvalue weighted by Gasteiger charge is 2.31. The van der Waals surface area contributed by atoms with Gasteiger partial charge >= 0.3 is 0 Å². The molecule has 0 bridgehead atoms. The number of nitrogens with zero attached hydrogens (tertiary/aromatic N) is 1. The fourth-order valence-electron chi connectivity index (χ4n) is 3.35. The number of benzene rings is 2. The molecule has 0 aromatic heterocycles. The number of hydrogen-bond donors (Lipinski definition) is 0. The first-order valence-electron chi connectivity index (χ1n) is 8.28. The third-order valence-electron chi connectivity index (χ3n) is 4.53. The molecule has 25 heavy (non-hydrogen) atoms. The third-order valence-corrected chi connectivity index (χ3v) is 4.53. The second-order valence-electron chi connectivity index (χ2n) is 6.26. The average Bonchev–Trinajstić information content (AvgIpc) is 2.65. The molecule has 1 aliphatic heterocycles. The first kappa shape index (κ1) is 17.1. The van der Waals surface area contributed by atoms with Gasteiger partial charge < -0.3 is 19.1 Å². The normalized spacial score (nSPS) is 16.2. The molecule has 3 rings (SSSR count). The lowest BCUT2D eigenvalue weighted by molar-refractivity contribution is 0.0975. The smallest absolute Gasteiger partial charge is 0.265 e. The van der Waals surface area contributed by atoms with Gasteiger partial charge in [-0.1, -0.05) is 13.0 Å². The van der Waals surface area contributed by atoms with Crippen molar-refractivity contribution >= 4 is 11.6 Å². The van der Waals surface area contributed by atoms with Gasteiger partial charge in [0.25, 0.3) is 5.91 Å². The van der Waals surface area contributed by atoms with Crippen LogP contribution in [0, 0.1) is 5.92 Å². The second kappa shape index (κ2) is 7.05. The van der Waals surface area contributed by atoms with Gasteiger partial charge in [-0.05, 0) is 48.2 Å². The van der Waals surface area contributed by atoms with Crippen molar-refractivity contribution in [2.45, 2.75) is 13.3 Å². The Kier molecular flexibility index (Phi) is 4.83. The van der Waals surface area contributed by atoms with Crippen molar-refractivity contribution in [3.63, 3.8) is 0 Å². The highest BCUT2D eigenvalue weighted by Crippen LogP contribution is 2.36. The van der Waals surface area contributed by atoms with Crippen LogP contribution in [0.25, 0.3) is 0 Å². The number of carbonyl (C=O) groups excluding carboxylic acids is 1. The molecule has 1 amide bonds. The van der Waals surface area contributed by atoms with Crippen LogP contribution in [0.2, 0.25) is 0 Å². The summed E-state index contributed by atoms with van der Waals surface area (Å²) >= 11 is 0. The van der Waals surface area contributed by atoms with Crippen molar-refractivity contribution in [1.29, 1.82) is 0 Å². The lowest BCUT2D eigenvalue weighted by Crippen LogP contribution is -2.39. The molecule has 0 spiro atoms. The highest BCUT2D eigenvalue weighted by molar-refractivity contribution is 6.10. The zero-order chi connectivity index (χ0) is 18.0. The Hall–Kier alpha value is -2.69. The average molecular weight is 341 g/mol. The number of anilines is 1. The van der Waals surface area contributed by atoms with E-state index in [0.717, 1.165) is 23.4 Å². The van der Waals surface area contributed by atoms with E-state index >= 15 is 0 Å². The molecule has 2 aromatic rings. The summed E-state index contributed by atoms with van der Waals surface area (Å²) in [5.74, 6) is 2.06. The Morgan fingerprint density at radius 1 is 1.04 bits per heavy atom. The van der Waals surface area contributed by atoms with Gasteiger partial charge in [0.15, 0.2) is 0 Å². The van der Waals surface area contributed by atoms with Crippen molar-refractivity contribution in [1.82, 2.24) is 0 Å². The molecule has 0 fully saturated rings. The number of carbonyl (C=O) groups is 1. The number of ether oxygens (including phenoxy) is 3. The lowest BCUT2D eigenvalue weighted by atomic mass is 9.93. The van der Waals surface area contributed by atoms with Crippen molar-refractivity contribution in [2.24, 2.45) is 5.92 Å². The molecule has 0 aliphatic carbocycles. The molecule has 1 heterocycles. The van der Waals surface area contributed by atoms with Crippen LogP contribution in [0.4, 0.5) is 5.69 Å². The molecule has 0 radical (unpaired) electrons. The first-order chi connectivity index (χ1) is 12.1. The summed E-state index contributed by atoms with van der Waals surface area (Å²) < 4.78 is 16.1. The molecule has 1 unspecified atom stereocenters. The maximum Gasteiger partial charge on any atom is 0.265 e. The van der Waals surface area contributed by atoms with E-state index in [0.29, 0.717) is 29.5 Å². The molecule has 0 saturated heterocycles. The van der Waals surface area contributed by atoms with Crippen molar-refractivity contribution < 1.29 is 19.0 Å². The van der Waals surface area contributed by atoms with E-state index in [4.69, 9.17) is 14.2 Å². The molecule has 0 N–H and O–H groups in total. The van der Waals surface area contributed by atoms with Crippen LogP contribution < -0.4 is 19.1 Å². The fourth-order valence-corrected chi connectivity index (χ4v) is 3.35. The summed E-state index contributed by atoms with van der Waals surface area (Å²) in [5, 5.41) is 0. The number of amides is 1. The third kappa shape index (κ3) is 3.14. The van der Waals surface area contributed by atoms with Gasteiger partial charge in [0.2, 0.25) is 0 Å². The van der Waals surface area contributed by atoms with E-state index in [2.05, 4.69) is 6.92 Å². The van der Waals surface area contributed by atoms with Crippen LogP contribution in [0.3, 0.4) is 0 Å². The molecule has 1 aliphatic rings. The van der Waals surface area contributed by atoms with Crippen LogP contribution in [-0.4, -0.2) is 33.8 Å². The van der Waals surface area contributed by atoms with Crippen molar-refractivity contribution in [3.05, 3.63) is 47.5 Å². The first-order valence-corrected chi connectivity index (χ1v) is 8.28. The molecular weight excluding hydrogens is 318 g/mol. The van der Waals surface area contributed by atoms with Gasteiger partial charge in [0, 0.05) is 12.2 Å². The predicted octanol–water partition coefficient (Wildman–Crippen LogP) is 3.55. The minimum absolute atomic E-state index is 0.118. The van der Waals surface area contributed by atoms with Gasteiger partial charge in [0.1, 0.15) is 22.8 Å². The van der Waals surface area contributed by atoms with E-state index in [1.165, 1.54) is 0 Å². The summed E-state index contributed by atoms with van der Waals surface area (Å²) in [6, 6.07) is 11.2. The summed E-state index contributed by atoms with van der Waals surface area (Å²) in [4.78, 5) is 15.2. The topological polar surface area (TPSA) is 48.0 Å². The largest absolute Gasteiger partial charge is 0.497 e. The number of hydrogen-bond acceptors (Lipinski definition) is 4. The Balaban J connectivity index is 2.07. The van der Waals surface area contributed by atoms with E-state index in [-0.39, 0.29) is 5.91 Å². The zero-order valence-corrected chi connectivity index (χ0v) is 15.0. The van der Waals surface area contributed by atoms with E-state index < -0.39 is 0 Å². The SMILES string of the molecule is COc1ccc2c(c1)CC(C)CN2C(=O)c1c(OC)cccc1OC. The summed E-state index contributed by atoms with van der Waals surface area (Å²) in [5.41, 5.74) is 2.47. The maximum absolute atomic E-state index is 13.4. The van der Waals surface area contributed by atoms with Crippen LogP contribution >= 0.6 is 0 Å². The minimum Gasteiger partial charge on any atom is -0.497 e. The van der Waals surface area contributed by atoms with Crippen LogP contribution in [0.1, 0.15) is 22.8 Å². The van der Waals surface area contributed by atoms with Crippen LogP contribution in [0.5, 0.6) is 17.2 Å². The van der Waals surface area contributed by atoms with Gasteiger partial charge in [0.05, 0.1) is 21.3 Å². The van der Waals surface area contributed by atoms with Gasteiger partial charge in [-0.25, -0.2) is 0 Å². The summed E-state index contributed by atoms with van der Waals surface area (Å²) in [6.45, 7) is 2.79. The molecule has 5 heteroatoms. The number of rotatable bonds is 4. The number of methoxy groups -OCH3 is 3. The quantitative estimate of drug-likeness (QED) is 0.853. The second-order valence-corrected chi connectivity index (χ2v) is 6.26. The van der Waals surface area contributed by atoms with Gasteiger partial charge in [-0.15, -0.1) is 0 Å². The number of fused-ring (bicyclic) bond motifs is 1. The van der Waals surface area contributed by atoms with Gasteiger partial charge in [-0.3, -0.25) is 4.79 Å². The Labute approximate surface area is 148 Å². The molecule has 2 aromatic carbocycles. The Morgan fingerprint density at radius 3 is 2.32 bits per heavy atom. The minimum atomic E-state index is -0.118. The Morgan fingerprint density at radius 2 is 1.72 bits per heavy atom. The van der Waals surface area contributed by atoms with E-state index in [1.54, 1.807) is 33.5 Å². The molecular formula is C20H23NO4. The predicted molar refractivity (Wildman–Crippen MR) is 97.1 cm³/mol. The van der Waals surface area contributed by atoms with Crippen LogP contribution in [-0.2, 0) is 6.42 Å². The molecule has 1 atom stereocenters. The maximum atomic E-state index is 13.4. The van der Waals surface area contributed by atoms with Crippen LogP contribution in [0.15, 0.2) is 36.4 Å². The fraction of sp³-hybridized carbons (Fsp3) is 0.350. The summed E-state index contributed by atoms with van der Waals surface area (Å²) in [6.07, 6.45) is 0.916. The monoisotopic (exact) mass is 341 g/mol. The zero-order valence-electron chi connectivity index (χ0n) is 15.0. The molecule has 5 nitrogen and oxygen atoms in total. The van der Waals surface area contributed by atoms with Gasteiger partial charge in [-0.2, -0.15) is 0 Å². The van der Waals surface area contributed by atoms with E-state index in [1.807, 2.05) is 29.2 Å². The van der Waals surface area contributed by atoms with Crippen molar-refractivity contribution in [3.8, 4) is 17.2 Å². The highest BCUT2D eigenvalue weighted by atomic mass is 16.5. The lowest BCUT2D eigenvalue weighted by Gasteiger charge is -2.34. The molecule has 0 saturated carbocycles. The van der Waals surface area contributed by atoms with Crippen molar-refractivity contribution in [2.75, 3.05) is 32.8 Å². The van der Waals surface area contributed by atoms with E-state index in [9.17, 15) is 4.79 Å². The molecule has 132 valence electrons.